The van der Waals surface area contributed by atoms with Gasteiger partial charge in [0.15, 0.2) is 0 Å². The van der Waals surface area contributed by atoms with Crippen LogP contribution < -0.4 is 5.32 Å². The largest absolute Gasteiger partial charge is 0.313 e. The first-order valence-corrected chi connectivity index (χ1v) is 9.02. The van der Waals surface area contributed by atoms with Gasteiger partial charge in [-0.15, -0.1) is 0 Å². The third-order valence-electron chi connectivity index (χ3n) is 3.98. The van der Waals surface area contributed by atoms with Crippen molar-refractivity contribution in [2.24, 2.45) is 0 Å². The highest BCUT2D eigenvalue weighted by atomic mass is 32.2. The van der Waals surface area contributed by atoms with Crippen LogP contribution in [0.1, 0.15) is 44.6 Å². The minimum Gasteiger partial charge on any atom is -0.313 e. The Morgan fingerprint density at radius 3 is 2.43 bits per heavy atom. The van der Waals surface area contributed by atoms with Crippen molar-refractivity contribution in [2.75, 3.05) is 12.3 Å². The average Bonchev–Trinajstić information content (AvgIpc) is 2.45. The van der Waals surface area contributed by atoms with E-state index in [1.807, 2.05) is 11.8 Å². The standard InChI is InChI=1S/C17H25F2NS/c1-2-20-16(12-21-17-6-4-3-5-7-17)10-13-8-14(18)11-15(19)9-13/h8-9,11,16-17,20H,2-7,10,12H2,1H3. The number of rotatable bonds is 7. The van der Waals surface area contributed by atoms with E-state index in [0.29, 0.717) is 6.42 Å². The molecule has 0 bridgehead atoms. The van der Waals surface area contributed by atoms with Gasteiger partial charge in [0.05, 0.1) is 0 Å². The molecule has 1 fully saturated rings. The molecule has 1 N–H and O–H groups in total. The van der Waals surface area contributed by atoms with Crippen molar-refractivity contribution in [3.8, 4) is 0 Å². The molecule has 0 saturated heterocycles. The van der Waals surface area contributed by atoms with Gasteiger partial charge in [0.2, 0.25) is 0 Å². The number of nitrogens with one attached hydrogen (secondary N) is 1. The molecule has 1 aromatic carbocycles. The second kappa shape index (κ2) is 8.74. The summed E-state index contributed by atoms with van der Waals surface area (Å²) in [4.78, 5) is 0. The lowest BCUT2D eigenvalue weighted by Gasteiger charge is -2.24. The normalized spacial score (nSPS) is 17.9. The Kier molecular flexibility index (Phi) is 6.97. The fraction of sp³-hybridized carbons (Fsp3) is 0.647. The Morgan fingerprint density at radius 1 is 1.14 bits per heavy atom. The highest BCUT2D eigenvalue weighted by Crippen LogP contribution is 2.29. The molecule has 2 rings (SSSR count). The van der Waals surface area contributed by atoms with Gasteiger partial charge in [0.25, 0.3) is 0 Å². The molecular weight excluding hydrogens is 288 g/mol. The maximum atomic E-state index is 13.3. The van der Waals surface area contributed by atoms with E-state index in [9.17, 15) is 8.78 Å². The zero-order valence-corrected chi connectivity index (χ0v) is 13.5. The zero-order valence-electron chi connectivity index (χ0n) is 12.7. The highest BCUT2D eigenvalue weighted by molar-refractivity contribution is 7.99. The number of benzene rings is 1. The quantitative estimate of drug-likeness (QED) is 0.792. The number of likely N-dealkylation sites (N-methyl/N-ethyl adjacent to an activating group) is 1. The maximum absolute atomic E-state index is 13.3. The van der Waals surface area contributed by atoms with Crippen LogP contribution in [0.15, 0.2) is 18.2 Å². The fourth-order valence-electron chi connectivity index (χ4n) is 2.98. The molecule has 21 heavy (non-hydrogen) atoms. The summed E-state index contributed by atoms with van der Waals surface area (Å²) < 4.78 is 26.6. The average molecular weight is 313 g/mol. The van der Waals surface area contributed by atoms with E-state index in [4.69, 9.17) is 0 Å². The van der Waals surface area contributed by atoms with Gasteiger partial charge in [-0.3, -0.25) is 0 Å². The number of hydrogen-bond acceptors (Lipinski definition) is 2. The lowest BCUT2D eigenvalue weighted by molar-refractivity contribution is 0.512. The molecule has 0 radical (unpaired) electrons. The monoisotopic (exact) mass is 313 g/mol. The summed E-state index contributed by atoms with van der Waals surface area (Å²) in [7, 11) is 0. The third-order valence-corrected chi connectivity index (χ3v) is 5.52. The van der Waals surface area contributed by atoms with Crippen LogP contribution in [0, 0.1) is 11.6 Å². The summed E-state index contributed by atoms with van der Waals surface area (Å²) >= 11 is 2.02. The van der Waals surface area contributed by atoms with Crippen LogP contribution in [0.4, 0.5) is 8.78 Å². The highest BCUT2D eigenvalue weighted by Gasteiger charge is 2.17. The summed E-state index contributed by atoms with van der Waals surface area (Å²) in [6, 6.07) is 4.10. The van der Waals surface area contributed by atoms with E-state index >= 15 is 0 Å². The third kappa shape index (κ3) is 5.95. The summed E-state index contributed by atoms with van der Waals surface area (Å²) in [6.07, 6.45) is 7.38. The molecule has 1 nitrogen and oxygen atoms in total. The Hall–Kier alpha value is -0.610. The van der Waals surface area contributed by atoms with Crippen molar-refractivity contribution in [2.45, 2.75) is 56.7 Å². The maximum Gasteiger partial charge on any atom is 0.126 e. The number of thioether (sulfide) groups is 1. The summed E-state index contributed by atoms with van der Waals surface area (Å²) in [5.74, 6) is 0.0387. The second-order valence-corrected chi connectivity index (χ2v) is 7.16. The molecule has 1 aliphatic rings. The first kappa shape index (κ1) is 16.8. The molecule has 1 atom stereocenters. The van der Waals surface area contributed by atoms with Crippen molar-refractivity contribution in [1.82, 2.24) is 5.32 Å². The van der Waals surface area contributed by atoms with Crippen molar-refractivity contribution < 1.29 is 8.78 Å². The number of hydrogen-bond donors (Lipinski definition) is 1. The molecule has 0 amide bonds. The van der Waals surface area contributed by atoms with Gasteiger partial charge in [-0.1, -0.05) is 26.2 Å². The zero-order chi connectivity index (χ0) is 15.1. The molecule has 1 aromatic rings. The van der Waals surface area contributed by atoms with E-state index < -0.39 is 11.6 Å². The molecular formula is C17H25F2NS. The molecule has 0 aromatic heterocycles. The van der Waals surface area contributed by atoms with Gasteiger partial charge in [-0.05, 0) is 43.5 Å². The van der Waals surface area contributed by atoms with Gasteiger partial charge in [0.1, 0.15) is 11.6 Å². The molecule has 0 heterocycles. The first-order valence-electron chi connectivity index (χ1n) is 7.97. The van der Waals surface area contributed by atoms with E-state index in [2.05, 4.69) is 12.2 Å². The van der Waals surface area contributed by atoms with E-state index in [0.717, 1.165) is 29.2 Å². The van der Waals surface area contributed by atoms with Gasteiger partial charge in [-0.2, -0.15) is 11.8 Å². The molecule has 118 valence electrons. The van der Waals surface area contributed by atoms with Gasteiger partial charge in [-0.25, -0.2) is 8.78 Å². The summed E-state index contributed by atoms with van der Waals surface area (Å²) in [5, 5.41) is 4.21. The van der Waals surface area contributed by atoms with E-state index in [1.54, 1.807) is 0 Å². The van der Waals surface area contributed by atoms with Crippen LogP contribution in [-0.4, -0.2) is 23.6 Å². The molecule has 0 spiro atoms. The van der Waals surface area contributed by atoms with Gasteiger partial charge in [0, 0.05) is 23.1 Å². The topological polar surface area (TPSA) is 12.0 Å². The molecule has 1 aliphatic carbocycles. The van der Waals surface area contributed by atoms with Crippen LogP contribution in [0.25, 0.3) is 0 Å². The van der Waals surface area contributed by atoms with Crippen LogP contribution in [0.2, 0.25) is 0 Å². The lowest BCUT2D eigenvalue weighted by atomic mass is 10.0. The van der Waals surface area contributed by atoms with Crippen molar-refractivity contribution >= 4 is 11.8 Å². The van der Waals surface area contributed by atoms with Gasteiger partial charge >= 0.3 is 0 Å². The fourth-order valence-corrected chi connectivity index (χ4v) is 4.38. The number of halogens is 2. The Balaban J connectivity index is 1.88. The Morgan fingerprint density at radius 2 is 1.81 bits per heavy atom. The molecule has 4 heteroatoms. The van der Waals surface area contributed by atoms with E-state index in [1.165, 1.54) is 44.2 Å². The van der Waals surface area contributed by atoms with Crippen molar-refractivity contribution in [3.63, 3.8) is 0 Å². The van der Waals surface area contributed by atoms with Crippen molar-refractivity contribution in [3.05, 3.63) is 35.4 Å². The molecule has 1 saturated carbocycles. The van der Waals surface area contributed by atoms with Gasteiger partial charge < -0.3 is 5.32 Å². The lowest BCUT2D eigenvalue weighted by Crippen LogP contribution is -2.34. The molecule has 0 aliphatic heterocycles. The van der Waals surface area contributed by atoms with E-state index in [-0.39, 0.29) is 6.04 Å². The van der Waals surface area contributed by atoms with Crippen LogP contribution in [0.3, 0.4) is 0 Å². The SMILES string of the molecule is CCNC(CSC1CCCCC1)Cc1cc(F)cc(F)c1. The predicted octanol–water partition coefficient (Wildman–Crippen LogP) is 4.55. The second-order valence-electron chi connectivity index (χ2n) is 5.83. The smallest absolute Gasteiger partial charge is 0.126 e. The summed E-state index contributed by atoms with van der Waals surface area (Å²) in [6.45, 7) is 2.96. The van der Waals surface area contributed by atoms with Crippen LogP contribution >= 0.6 is 11.8 Å². The Labute approximate surface area is 130 Å². The first-order chi connectivity index (χ1) is 10.2. The minimum absolute atomic E-state index is 0.281. The van der Waals surface area contributed by atoms with Crippen LogP contribution in [0.5, 0.6) is 0 Å². The van der Waals surface area contributed by atoms with Crippen molar-refractivity contribution in [1.29, 1.82) is 0 Å². The molecule has 1 unspecified atom stereocenters. The Bertz CT molecular complexity index is 413. The predicted molar refractivity (Wildman–Crippen MR) is 86.9 cm³/mol. The van der Waals surface area contributed by atoms with Crippen LogP contribution in [-0.2, 0) is 6.42 Å². The minimum atomic E-state index is -0.486. The summed E-state index contributed by atoms with van der Waals surface area (Å²) in [5.41, 5.74) is 0.739.